The number of halogens is 1. The maximum atomic E-state index is 13.0. The van der Waals surface area contributed by atoms with Crippen molar-refractivity contribution in [2.24, 2.45) is 0 Å². The molecule has 1 aliphatic rings. The van der Waals surface area contributed by atoms with Gasteiger partial charge in [-0.1, -0.05) is 23.7 Å². The van der Waals surface area contributed by atoms with Crippen molar-refractivity contribution in [3.63, 3.8) is 0 Å². The topological polar surface area (TPSA) is 66.9 Å². The number of amides is 1. The molecule has 1 amide bonds. The van der Waals surface area contributed by atoms with Crippen LogP contribution < -0.4 is 4.74 Å². The Bertz CT molecular complexity index is 984. The molecule has 6 nitrogen and oxygen atoms in total. The van der Waals surface area contributed by atoms with E-state index < -0.39 is 16.1 Å². The fourth-order valence-corrected chi connectivity index (χ4v) is 5.16. The summed E-state index contributed by atoms with van der Waals surface area (Å²) in [5.74, 6) is 0.398. The summed E-state index contributed by atoms with van der Waals surface area (Å²) in [5.41, 5.74) is 1.62. The third-order valence-electron chi connectivity index (χ3n) is 4.99. The summed E-state index contributed by atoms with van der Waals surface area (Å²) in [7, 11) is -3.59. The van der Waals surface area contributed by atoms with Crippen LogP contribution in [-0.4, -0.2) is 55.8 Å². The molecule has 29 heavy (non-hydrogen) atoms. The van der Waals surface area contributed by atoms with Gasteiger partial charge in [-0.25, -0.2) is 8.42 Å². The fraction of sp³-hybridized carbons (Fsp3) is 0.381. The van der Waals surface area contributed by atoms with Gasteiger partial charge in [0.1, 0.15) is 5.75 Å². The average Bonchev–Trinajstić information content (AvgIpc) is 2.71. The van der Waals surface area contributed by atoms with E-state index >= 15 is 0 Å². The predicted molar refractivity (Wildman–Crippen MR) is 113 cm³/mol. The van der Waals surface area contributed by atoms with Crippen molar-refractivity contribution in [1.29, 1.82) is 0 Å². The average molecular weight is 437 g/mol. The first-order valence-corrected chi connectivity index (χ1v) is 11.3. The second-order valence-corrected chi connectivity index (χ2v) is 9.56. The Morgan fingerprint density at radius 3 is 2.28 bits per heavy atom. The lowest BCUT2D eigenvalue weighted by atomic mass is 10.2. The molecule has 1 saturated heterocycles. The molecule has 0 aliphatic carbocycles. The standard InChI is InChI=1S/C21H25ClN2O4S/c1-15-4-5-16(2)20(14-15)29(26,27)24-12-10-23(11-13-24)21(25)17(3)28-19-8-6-18(22)7-9-19/h4-9,14,17H,10-13H2,1-3H3. The fourth-order valence-electron chi connectivity index (χ4n) is 3.30. The van der Waals surface area contributed by atoms with E-state index in [1.165, 1.54) is 4.31 Å². The Hall–Kier alpha value is -2.09. The second kappa shape index (κ2) is 8.73. The van der Waals surface area contributed by atoms with Crippen molar-refractivity contribution >= 4 is 27.5 Å². The number of sulfonamides is 1. The van der Waals surface area contributed by atoms with Gasteiger partial charge in [0.25, 0.3) is 5.91 Å². The van der Waals surface area contributed by atoms with E-state index in [9.17, 15) is 13.2 Å². The molecule has 0 N–H and O–H groups in total. The number of carbonyl (C=O) groups is 1. The van der Waals surface area contributed by atoms with Gasteiger partial charge in [0, 0.05) is 31.2 Å². The molecule has 0 saturated carbocycles. The SMILES string of the molecule is Cc1ccc(C)c(S(=O)(=O)N2CCN(C(=O)C(C)Oc3ccc(Cl)cc3)CC2)c1. The Morgan fingerprint density at radius 1 is 1.03 bits per heavy atom. The summed E-state index contributed by atoms with van der Waals surface area (Å²) < 4.78 is 33.2. The van der Waals surface area contributed by atoms with Crippen molar-refractivity contribution < 1.29 is 17.9 Å². The van der Waals surface area contributed by atoms with Gasteiger partial charge in [-0.2, -0.15) is 4.31 Å². The third-order valence-corrected chi connectivity index (χ3v) is 7.28. The molecule has 1 fully saturated rings. The molecule has 1 aliphatic heterocycles. The minimum Gasteiger partial charge on any atom is -0.481 e. The molecular weight excluding hydrogens is 412 g/mol. The number of hydrogen-bond donors (Lipinski definition) is 0. The first-order chi connectivity index (χ1) is 13.7. The summed E-state index contributed by atoms with van der Waals surface area (Å²) in [6.45, 7) is 6.54. The first kappa shape index (κ1) is 21.6. The lowest BCUT2D eigenvalue weighted by Gasteiger charge is -2.35. The molecule has 1 atom stereocenters. The number of carbonyl (C=O) groups excluding carboxylic acids is 1. The van der Waals surface area contributed by atoms with Gasteiger partial charge in [0.2, 0.25) is 10.0 Å². The molecular formula is C21H25ClN2O4S. The van der Waals surface area contributed by atoms with Crippen LogP contribution in [0.25, 0.3) is 0 Å². The van der Waals surface area contributed by atoms with Crippen molar-refractivity contribution in [2.75, 3.05) is 26.2 Å². The Balaban J connectivity index is 1.62. The highest BCUT2D eigenvalue weighted by Crippen LogP contribution is 2.23. The minimum atomic E-state index is -3.59. The van der Waals surface area contributed by atoms with Gasteiger partial charge in [-0.05, 0) is 62.2 Å². The highest BCUT2D eigenvalue weighted by Gasteiger charge is 2.32. The maximum absolute atomic E-state index is 13.0. The predicted octanol–water partition coefficient (Wildman–Crippen LogP) is 3.26. The molecule has 2 aromatic rings. The molecule has 1 unspecified atom stereocenters. The van der Waals surface area contributed by atoms with Crippen LogP contribution in [0.1, 0.15) is 18.1 Å². The van der Waals surface area contributed by atoms with Crippen LogP contribution in [0.5, 0.6) is 5.75 Å². The molecule has 156 valence electrons. The van der Waals surface area contributed by atoms with Crippen molar-refractivity contribution in [2.45, 2.75) is 31.8 Å². The van der Waals surface area contributed by atoms with E-state index in [0.29, 0.717) is 28.8 Å². The highest BCUT2D eigenvalue weighted by atomic mass is 35.5. The van der Waals surface area contributed by atoms with Crippen LogP contribution in [-0.2, 0) is 14.8 Å². The van der Waals surface area contributed by atoms with E-state index in [1.807, 2.05) is 19.1 Å². The Morgan fingerprint density at radius 2 is 1.66 bits per heavy atom. The summed E-state index contributed by atoms with van der Waals surface area (Å²) in [6, 6.07) is 12.2. The van der Waals surface area contributed by atoms with Gasteiger partial charge in [-0.3, -0.25) is 4.79 Å². The zero-order valence-electron chi connectivity index (χ0n) is 16.8. The summed E-state index contributed by atoms with van der Waals surface area (Å²) >= 11 is 5.86. The lowest BCUT2D eigenvalue weighted by Crippen LogP contribution is -2.53. The van der Waals surface area contributed by atoms with E-state index in [-0.39, 0.29) is 19.0 Å². The summed E-state index contributed by atoms with van der Waals surface area (Å²) in [5, 5.41) is 0.595. The quantitative estimate of drug-likeness (QED) is 0.721. The van der Waals surface area contributed by atoms with Crippen molar-refractivity contribution in [3.05, 3.63) is 58.6 Å². The lowest BCUT2D eigenvalue weighted by molar-refractivity contribution is -0.139. The van der Waals surface area contributed by atoms with Gasteiger partial charge in [0.05, 0.1) is 4.90 Å². The molecule has 0 bridgehead atoms. The smallest absolute Gasteiger partial charge is 0.263 e. The Kier molecular flexibility index (Phi) is 6.51. The van der Waals surface area contributed by atoms with Gasteiger partial charge in [-0.15, -0.1) is 0 Å². The first-order valence-electron chi connectivity index (χ1n) is 9.47. The molecule has 8 heteroatoms. The maximum Gasteiger partial charge on any atom is 0.263 e. The van der Waals surface area contributed by atoms with Gasteiger partial charge >= 0.3 is 0 Å². The summed E-state index contributed by atoms with van der Waals surface area (Å²) in [4.78, 5) is 14.7. The monoisotopic (exact) mass is 436 g/mol. The van der Waals surface area contributed by atoms with E-state index in [1.54, 1.807) is 49.1 Å². The minimum absolute atomic E-state index is 0.163. The summed E-state index contributed by atoms with van der Waals surface area (Å²) in [6.07, 6.45) is -0.668. The van der Waals surface area contributed by atoms with Crippen LogP contribution in [0.4, 0.5) is 0 Å². The second-order valence-electron chi connectivity index (χ2n) is 7.21. The zero-order valence-corrected chi connectivity index (χ0v) is 18.3. The number of benzene rings is 2. The number of aryl methyl sites for hydroxylation is 2. The van der Waals surface area contributed by atoms with E-state index in [0.717, 1.165) is 11.1 Å². The van der Waals surface area contributed by atoms with Crippen molar-refractivity contribution in [1.82, 2.24) is 9.21 Å². The highest BCUT2D eigenvalue weighted by molar-refractivity contribution is 7.89. The number of piperazine rings is 1. The van der Waals surface area contributed by atoms with Crippen molar-refractivity contribution in [3.8, 4) is 5.75 Å². The van der Waals surface area contributed by atoms with Crippen LogP contribution >= 0.6 is 11.6 Å². The molecule has 2 aromatic carbocycles. The van der Waals surface area contributed by atoms with Crippen LogP contribution in [0.3, 0.4) is 0 Å². The van der Waals surface area contributed by atoms with Crippen LogP contribution in [0.15, 0.2) is 47.4 Å². The Labute approximate surface area is 177 Å². The molecule has 1 heterocycles. The van der Waals surface area contributed by atoms with Crippen LogP contribution in [0.2, 0.25) is 5.02 Å². The number of hydrogen-bond acceptors (Lipinski definition) is 4. The van der Waals surface area contributed by atoms with Gasteiger partial charge in [0.15, 0.2) is 6.10 Å². The van der Waals surface area contributed by atoms with Crippen LogP contribution in [0, 0.1) is 13.8 Å². The number of ether oxygens (including phenoxy) is 1. The largest absolute Gasteiger partial charge is 0.481 e. The zero-order chi connectivity index (χ0) is 21.2. The molecule has 0 spiro atoms. The normalized spacial score (nSPS) is 16.5. The van der Waals surface area contributed by atoms with E-state index in [4.69, 9.17) is 16.3 Å². The third kappa shape index (κ3) is 4.91. The molecule has 0 aromatic heterocycles. The van der Waals surface area contributed by atoms with Gasteiger partial charge < -0.3 is 9.64 Å². The molecule has 0 radical (unpaired) electrons. The number of rotatable bonds is 5. The molecule has 3 rings (SSSR count). The number of nitrogens with zero attached hydrogens (tertiary/aromatic N) is 2. The van der Waals surface area contributed by atoms with E-state index in [2.05, 4.69) is 0 Å².